The number of benzene rings is 1. The first-order valence-electron chi connectivity index (χ1n) is 8.27. The van der Waals surface area contributed by atoms with Crippen LogP contribution in [0.3, 0.4) is 0 Å². The number of nitrogens with zero attached hydrogens (tertiary/aromatic N) is 3. The van der Waals surface area contributed by atoms with Crippen molar-refractivity contribution in [3.8, 4) is 22.8 Å². The van der Waals surface area contributed by atoms with Crippen LogP contribution in [0.4, 0.5) is 5.82 Å². The Balaban J connectivity index is 2.38. The van der Waals surface area contributed by atoms with Crippen molar-refractivity contribution in [3.63, 3.8) is 0 Å². The number of hydrogen-bond donors (Lipinski definition) is 3. The molecule has 0 saturated carbocycles. The number of pyridine rings is 1. The third-order valence-electron chi connectivity index (χ3n) is 4.08. The summed E-state index contributed by atoms with van der Waals surface area (Å²) in [6.45, 7) is 0. The average molecular weight is 364 g/mol. The lowest BCUT2D eigenvalue weighted by Crippen LogP contribution is -2.31. The second-order valence-corrected chi connectivity index (χ2v) is 5.61. The Bertz CT molecular complexity index is 1010. The zero-order valence-corrected chi connectivity index (χ0v) is 15.3. The van der Waals surface area contributed by atoms with Crippen LogP contribution in [0.25, 0.3) is 17.1 Å². The van der Waals surface area contributed by atoms with Crippen molar-refractivity contribution >= 4 is 11.7 Å². The minimum atomic E-state index is -0.498. The maximum atomic E-state index is 12.7. The predicted molar refractivity (Wildman–Crippen MR) is 105 cm³/mol. The minimum Gasteiger partial charge on any atom is -0.497 e. The molecule has 0 radical (unpaired) electrons. The zero-order chi connectivity index (χ0) is 19.4. The van der Waals surface area contributed by atoms with E-state index in [0.29, 0.717) is 23.0 Å². The molecule has 2 heterocycles. The Labute approximate surface area is 156 Å². The standard InChI is InChI=1S/C19H20N6O2/c1-21-16(20)15-18(22-2)25(13-6-8-14(27-3)9-7-13)17(24-19(15)26)12-5-4-10-23-11-12/h4-11,22H,1-3H3,(H2,20,21). The molecule has 1 aromatic carbocycles. The molecule has 8 nitrogen and oxygen atoms in total. The number of amidine groups is 1. The van der Waals surface area contributed by atoms with Gasteiger partial charge in [0.25, 0.3) is 5.56 Å². The Kier molecular flexibility index (Phi) is 5.16. The minimum absolute atomic E-state index is 0.0168. The van der Waals surface area contributed by atoms with E-state index in [9.17, 15) is 4.79 Å². The fraction of sp³-hybridized carbons (Fsp3) is 0.158. The number of rotatable bonds is 5. The van der Waals surface area contributed by atoms with E-state index >= 15 is 0 Å². The van der Waals surface area contributed by atoms with Gasteiger partial charge in [0.15, 0.2) is 5.82 Å². The Morgan fingerprint density at radius 1 is 1.19 bits per heavy atom. The van der Waals surface area contributed by atoms with Gasteiger partial charge in [0.05, 0.1) is 7.11 Å². The Hall–Kier alpha value is -3.68. The first-order chi connectivity index (χ1) is 13.1. The molecule has 0 bridgehead atoms. The summed E-state index contributed by atoms with van der Waals surface area (Å²) < 4.78 is 7.02. The largest absolute Gasteiger partial charge is 0.497 e. The molecule has 2 aromatic heterocycles. The predicted octanol–water partition coefficient (Wildman–Crippen LogP) is 1.89. The average Bonchev–Trinajstić information content (AvgIpc) is 2.73. The van der Waals surface area contributed by atoms with Gasteiger partial charge in [0.1, 0.15) is 23.0 Å². The molecule has 0 unspecified atom stereocenters. The van der Waals surface area contributed by atoms with Gasteiger partial charge >= 0.3 is 0 Å². The van der Waals surface area contributed by atoms with Crippen molar-refractivity contribution in [1.82, 2.24) is 19.9 Å². The Morgan fingerprint density at radius 3 is 2.48 bits per heavy atom. The molecule has 3 rings (SSSR count). The summed E-state index contributed by atoms with van der Waals surface area (Å²) in [5.74, 6) is 1.58. The second-order valence-electron chi connectivity index (χ2n) is 5.61. The molecule has 3 aromatic rings. The van der Waals surface area contributed by atoms with Crippen molar-refractivity contribution in [2.75, 3.05) is 26.5 Å². The highest BCUT2D eigenvalue weighted by Gasteiger charge is 2.21. The molecular formula is C19H20N6O2. The lowest BCUT2D eigenvalue weighted by atomic mass is 10.2. The van der Waals surface area contributed by atoms with E-state index in [1.165, 1.54) is 0 Å². The number of nitrogens with one attached hydrogen (secondary N) is 3. The van der Waals surface area contributed by atoms with E-state index < -0.39 is 5.56 Å². The van der Waals surface area contributed by atoms with Crippen molar-refractivity contribution in [1.29, 1.82) is 5.41 Å². The Morgan fingerprint density at radius 2 is 1.93 bits per heavy atom. The number of anilines is 1. The SMILES string of the molecule is CNC(=N)c1c(NC)n(-c2ccc(OC)cc2)c(-c2cccnc2)nc1=O. The highest BCUT2D eigenvalue weighted by Crippen LogP contribution is 2.27. The van der Waals surface area contributed by atoms with Crippen molar-refractivity contribution in [2.45, 2.75) is 0 Å². The van der Waals surface area contributed by atoms with Crippen LogP contribution in [-0.2, 0) is 0 Å². The van der Waals surface area contributed by atoms with Crippen LogP contribution >= 0.6 is 0 Å². The topological polar surface area (TPSA) is 105 Å². The molecule has 0 atom stereocenters. The number of methoxy groups -OCH3 is 1. The maximum absolute atomic E-state index is 12.7. The smallest absolute Gasteiger partial charge is 0.286 e. The normalized spacial score (nSPS) is 10.3. The van der Waals surface area contributed by atoms with Crippen LogP contribution in [0.1, 0.15) is 5.56 Å². The molecule has 8 heteroatoms. The summed E-state index contributed by atoms with van der Waals surface area (Å²) in [7, 11) is 4.89. The molecule has 0 spiro atoms. The van der Waals surface area contributed by atoms with Crippen molar-refractivity contribution < 1.29 is 4.74 Å². The first-order valence-corrected chi connectivity index (χ1v) is 8.27. The van der Waals surface area contributed by atoms with E-state index in [1.807, 2.05) is 30.3 Å². The molecule has 0 aliphatic carbocycles. The molecule has 27 heavy (non-hydrogen) atoms. The molecule has 0 fully saturated rings. The van der Waals surface area contributed by atoms with Gasteiger partial charge < -0.3 is 15.4 Å². The number of ether oxygens (including phenoxy) is 1. The van der Waals surface area contributed by atoms with Crippen LogP contribution in [0.5, 0.6) is 5.75 Å². The highest BCUT2D eigenvalue weighted by molar-refractivity contribution is 6.00. The molecule has 0 amide bonds. The zero-order valence-electron chi connectivity index (χ0n) is 15.3. The van der Waals surface area contributed by atoms with Crippen LogP contribution in [0.15, 0.2) is 53.6 Å². The molecule has 0 aliphatic heterocycles. The third-order valence-corrected chi connectivity index (χ3v) is 4.08. The summed E-state index contributed by atoms with van der Waals surface area (Å²) in [5.41, 5.74) is 1.10. The maximum Gasteiger partial charge on any atom is 0.286 e. The fourth-order valence-corrected chi connectivity index (χ4v) is 2.78. The van der Waals surface area contributed by atoms with Crippen molar-refractivity contribution in [3.05, 3.63) is 64.7 Å². The summed E-state index contributed by atoms with van der Waals surface area (Å²) >= 11 is 0. The lowest BCUT2D eigenvalue weighted by molar-refractivity contribution is 0.415. The van der Waals surface area contributed by atoms with Gasteiger partial charge in [-0.15, -0.1) is 0 Å². The third kappa shape index (κ3) is 3.37. The quantitative estimate of drug-likeness (QED) is 0.472. The fourth-order valence-electron chi connectivity index (χ4n) is 2.78. The van der Waals surface area contributed by atoms with Crippen LogP contribution in [-0.4, -0.2) is 41.6 Å². The highest BCUT2D eigenvalue weighted by atomic mass is 16.5. The van der Waals surface area contributed by atoms with E-state index in [4.69, 9.17) is 10.1 Å². The molecule has 138 valence electrons. The van der Waals surface area contributed by atoms with Crippen molar-refractivity contribution in [2.24, 2.45) is 0 Å². The van der Waals surface area contributed by atoms with Gasteiger partial charge in [0, 0.05) is 37.7 Å². The van der Waals surface area contributed by atoms with Crippen LogP contribution < -0.4 is 20.9 Å². The number of aromatic nitrogens is 3. The van der Waals surface area contributed by atoms with Gasteiger partial charge in [-0.25, -0.2) is 0 Å². The summed E-state index contributed by atoms with van der Waals surface area (Å²) in [5, 5.41) is 13.9. The molecule has 3 N–H and O–H groups in total. The summed E-state index contributed by atoms with van der Waals surface area (Å²) in [4.78, 5) is 21.1. The summed E-state index contributed by atoms with van der Waals surface area (Å²) in [6.07, 6.45) is 3.30. The molecule has 0 saturated heterocycles. The van der Waals surface area contributed by atoms with Gasteiger partial charge in [-0.2, -0.15) is 4.98 Å². The summed E-state index contributed by atoms with van der Waals surface area (Å²) in [6, 6.07) is 11.0. The van der Waals surface area contributed by atoms with Gasteiger partial charge in [-0.1, -0.05) is 0 Å². The van der Waals surface area contributed by atoms with Gasteiger partial charge in [-0.3, -0.25) is 19.8 Å². The van der Waals surface area contributed by atoms with Gasteiger partial charge in [0.2, 0.25) is 0 Å². The van der Waals surface area contributed by atoms with E-state index in [2.05, 4.69) is 20.6 Å². The molecular weight excluding hydrogens is 344 g/mol. The first kappa shape index (κ1) is 18.1. The van der Waals surface area contributed by atoms with E-state index in [0.717, 1.165) is 5.69 Å². The van der Waals surface area contributed by atoms with Crippen LogP contribution in [0.2, 0.25) is 0 Å². The second kappa shape index (κ2) is 7.69. The van der Waals surface area contributed by atoms with E-state index in [1.54, 1.807) is 44.2 Å². The number of hydrogen-bond acceptors (Lipinski definition) is 6. The molecule has 0 aliphatic rings. The van der Waals surface area contributed by atoms with Gasteiger partial charge in [-0.05, 0) is 36.4 Å². The lowest BCUT2D eigenvalue weighted by Gasteiger charge is -2.21. The van der Waals surface area contributed by atoms with E-state index in [-0.39, 0.29) is 11.4 Å². The monoisotopic (exact) mass is 364 g/mol. The van der Waals surface area contributed by atoms with Crippen LogP contribution in [0, 0.1) is 5.41 Å².